The Labute approximate surface area is 139 Å². The predicted molar refractivity (Wildman–Crippen MR) is 87.2 cm³/mol. The van der Waals surface area contributed by atoms with E-state index < -0.39 is 0 Å². The highest BCUT2D eigenvalue weighted by Gasteiger charge is 2.19. The van der Waals surface area contributed by atoms with Crippen LogP contribution in [-0.2, 0) is 0 Å². The van der Waals surface area contributed by atoms with Gasteiger partial charge in [-0.1, -0.05) is 17.9 Å². The molecule has 0 aliphatic heterocycles. The lowest BCUT2D eigenvalue weighted by atomic mass is 10.2. The van der Waals surface area contributed by atoms with E-state index in [1.165, 1.54) is 0 Å². The number of nitrogens with zero attached hydrogens (tertiary/aromatic N) is 2. The minimum absolute atomic E-state index is 0.0327. The van der Waals surface area contributed by atoms with Gasteiger partial charge >= 0.3 is 12.0 Å². The van der Waals surface area contributed by atoms with Gasteiger partial charge in [-0.2, -0.15) is 0 Å². The quantitative estimate of drug-likeness (QED) is 0.873. The number of carbonyl (C=O) groups is 1. The molecule has 8 heteroatoms. The number of aromatic nitrogens is 2. The fourth-order valence-electron chi connectivity index (χ4n) is 2.75. The third-order valence-electron chi connectivity index (χ3n) is 3.97. The Morgan fingerprint density at radius 1 is 1.21 bits per heavy atom. The summed E-state index contributed by atoms with van der Waals surface area (Å²) in [6.07, 6.45) is 4.30. The summed E-state index contributed by atoms with van der Waals surface area (Å²) in [7, 11) is 3.12. The van der Waals surface area contributed by atoms with Crippen molar-refractivity contribution in [2.24, 2.45) is 0 Å². The van der Waals surface area contributed by atoms with Crippen molar-refractivity contribution in [2.45, 2.75) is 31.7 Å². The summed E-state index contributed by atoms with van der Waals surface area (Å²) in [5.74, 6) is 1.45. The number of hydrogen-bond donors (Lipinski definition) is 2. The van der Waals surface area contributed by atoms with E-state index >= 15 is 0 Å². The molecule has 0 atom stereocenters. The Hall–Kier alpha value is -2.77. The second-order valence-electron chi connectivity index (χ2n) is 5.56. The van der Waals surface area contributed by atoms with Crippen LogP contribution in [0.2, 0.25) is 0 Å². The molecule has 1 aliphatic carbocycles. The molecule has 1 aliphatic rings. The van der Waals surface area contributed by atoms with Gasteiger partial charge < -0.3 is 19.2 Å². The zero-order valence-electron chi connectivity index (χ0n) is 13.7. The van der Waals surface area contributed by atoms with Gasteiger partial charge in [0.05, 0.1) is 19.8 Å². The van der Waals surface area contributed by atoms with Crippen molar-refractivity contribution in [3.05, 3.63) is 18.2 Å². The summed E-state index contributed by atoms with van der Waals surface area (Å²) in [5, 5.41) is 13.3. The van der Waals surface area contributed by atoms with Crippen molar-refractivity contribution < 1.29 is 18.7 Å². The predicted octanol–water partition coefficient (Wildman–Crippen LogP) is 2.82. The minimum atomic E-state index is -0.338. The molecule has 1 aromatic carbocycles. The average molecular weight is 332 g/mol. The van der Waals surface area contributed by atoms with Crippen LogP contribution in [0.5, 0.6) is 11.5 Å². The molecule has 3 rings (SSSR count). The lowest BCUT2D eigenvalue weighted by molar-refractivity contribution is 0.248. The SMILES string of the molecule is COc1ccc(OC)c(-c2nnc(NC(=O)NC3CCCC3)o2)c1. The zero-order chi connectivity index (χ0) is 16.9. The van der Waals surface area contributed by atoms with Crippen molar-refractivity contribution in [1.29, 1.82) is 0 Å². The summed E-state index contributed by atoms with van der Waals surface area (Å²) in [4.78, 5) is 11.9. The fraction of sp³-hybridized carbons (Fsp3) is 0.438. The summed E-state index contributed by atoms with van der Waals surface area (Å²) in [6.45, 7) is 0. The fourth-order valence-corrected chi connectivity index (χ4v) is 2.75. The van der Waals surface area contributed by atoms with E-state index in [0.29, 0.717) is 17.1 Å². The van der Waals surface area contributed by atoms with Gasteiger partial charge in [-0.25, -0.2) is 4.79 Å². The number of carbonyl (C=O) groups excluding carboxylic acids is 1. The summed E-state index contributed by atoms with van der Waals surface area (Å²) in [6, 6.07) is 5.16. The van der Waals surface area contributed by atoms with E-state index in [1.807, 2.05) is 0 Å². The first kappa shape index (κ1) is 16.1. The molecule has 0 bridgehead atoms. The number of methoxy groups -OCH3 is 2. The minimum Gasteiger partial charge on any atom is -0.497 e. The highest BCUT2D eigenvalue weighted by Crippen LogP contribution is 2.33. The number of urea groups is 1. The first-order valence-electron chi connectivity index (χ1n) is 7.83. The normalized spacial score (nSPS) is 14.4. The molecule has 8 nitrogen and oxygen atoms in total. The number of anilines is 1. The van der Waals surface area contributed by atoms with Gasteiger partial charge in [0, 0.05) is 6.04 Å². The van der Waals surface area contributed by atoms with E-state index in [0.717, 1.165) is 25.7 Å². The maximum atomic E-state index is 11.9. The molecule has 1 fully saturated rings. The molecule has 0 unspecified atom stereocenters. The molecule has 24 heavy (non-hydrogen) atoms. The van der Waals surface area contributed by atoms with Crippen LogP contribution < -0.4 is 20.1 Å². The first-order valence-corrected chi connectivity index (χ1v) is 7.83. The maximum Gasteiger partial charge on any atom is 0.324 e. The van der Waals surface area contributed by atoms with Crippen LogP contribution >= 0.6 is 0 Å². The zero-order valence-corrected chi connectivity index (χ0v) is 13.7. The van der Waals surface area contributed by atoms with Gasteiger partial charge in [0.2, 0.25) is 0 Å². The van der Waals surface area contributed by atoms with E-state index in [4.69, 9.17) is 13.9 Å². The molecule has 1 aromatic heterocycles. The highest BCUT2D eigenvalue weighted by atomic mass is 16.5. The Morgan fingerprint density at radius 2 is 2.00 bits per heavy atom. The maximum absolute atomic E-state index is 11.9. The topological polar surface area (TPSA) is 98.5 Å². The Balaban J connectivity index is 1.72. The van der Waals surface area contributed by atoms with Crippen molar-refractivity contribution in [3.63, 3.8) is 0 Å². The van der Waals surface area contributed by atoms with Gasteiger partial charge in [-0.3, -0.25) is 5.32 Å². The molecule has 2 aromatic rings. The van der Waals surface area contributed by atoms with Crippen molar-refractivity contribution in [3.8, 4) is 23.0 Å². The summed E-state index contributed by atoms with van der Waals surface area (Å²) >= 11 is 0. The van der Waals surface area contributed by atoms with Crippen molar-refractivity contribution >= 4 is 12.0 Å². The second-order valence-corrected chi connectivity index (χ2v) is 5.56. The van der Waals surface area contributed by atoms with Crippen LogP contribution in [0.15, 0.2) is 22.6 Å². The van der Waals surface area contributed by atoms with Crippen LogP contribution in [0, 0.1) is 0 Å². The van der Waals surface area contributed by atoms with E-state index in [1.54, 1.807) is 32.4 Å². The second kappa shape index (κ2) is 7.20. The van der Waals surface area contributed by atoms with Crippen LogP contribution in [0.3, 0.4) is 0 Å². The van der Waals surface area contributed by atoms with Crippen molar-refractivity contribution in [1.82, 2.24) is 15.5 Å². The molecule has 0 spiro atoms. The molecule has 2 amide bonds. The van der Waals surface area contributed by atoms with Gasteiger partial charge in [-0.15, -0.1) is 5.10 Å². The number of ether oxygens (including phenoxy) is 2. The molecule has 0 radical (unpaired) electrons. The van der Waals surface area contributed by atoms with Gasteiger partial charge in [-0.05, 0) is 31.0 Å². The van der Waals surface area contributed by atoms with Crippen molar-refractivity contribution in [2.75, 3.05) is 19.5 Å². The summed E-state index contributed by atoms with van der Waals surface area (Å²) < 4.78 is 16.0. The Bertz CT molecular complexity index is 710. The Morgan fingerprint density at radius 3 is 2.71 bits per heavy atom. The lowest BCUT2D eigenvalue weighted by Gasteiger charge is -2.10. The number of nitrogens with one attached hydrogen (secondary N) is 2. The van der Waals surface area contributed by atoms with E-state index in [9.17, 15) is 4.79 Å². The smallest absolute Gasteiger partial charge is 0.324 e. The van der Waals surface area contributed by atoms with E-state index in [2.05, 4.69) is 20.8 Å². The van der Waals surface area contributed by atoms with Gasteiger partial charge in [0.25, 0.3) is 5.89 Å². The van der Waals surface area contributed by atoms with Gasteiger partial charge in [0.15, 0.2) is 0 Å². The third-order valence-corrected chi connectivity index (χ3v) is 3.97. The molecule has 2 N–H and O–H groups in total. The van der Waals surface area contributed by atoms with E-state index in [-0.39, 0.29) is 24.0 Å². The summed E-state index contributed by atoms with van der Waals surface area (Å²) in [5.41, 5.74) is 0.591. The third kappa shape index (κ3) is 3.58. The monoisotopic (exact) mass is 332 g/mol. The molecule has 1 heterocycles. The highest BCUT2D eigenvalue weighted by molar-refractivity contribution is 5.87. The van der Waals surface area contributed by atoms with Crippen LogP contribution in [0.25, 0.3) is 11.5 Å². The number of benzene rings is 1. The standard InChI is InChI=1S/C16H20N4O4/c1-22-11-7-8-13(23-2)12(9-11)14-19-20-16(24-14)18-15(21)17-10-5-3-4-6-10/h7-10H,3-6H2,1-2H3,(H2,17,18,20,21). The lowest BCUT2D eigenvalue weighted by Crippen LogP contribution is -2.36. The van der Waals surface area contributed by atoms with Crippen LogP contribution in [0.1, 0.15) is 25.7 Å². The number of hydrogen-bond acceptors (Lipinski definition) is 6. The molecule has 1 saturated carbocycles. The number of amides is 2. The van der Waals surface area contributed by atoms with Gasteiger partial charge in [0.1, 0.15) is 11.5 Å². The average Bonchev–Trinajstić information content (AvgIpc) is 3.26. The number of rotatable bonds is 5. The molecule has 0 saturated heterocycles. The first-order chi connectivity index (χ1) is 11.7. The molecular formula is C16H20N4O4. The Kier molecular flexibility index (Phi) is 4.83. The molecule has 128 valence electrons. The largest absolute Gasteiger partial charge is 0.497 e. The molecular weight excluding hydrogens is 312 g/mol. The van der Waals surface area contributed by atoms with Crippen LogP contribution in [0.4, 0.5) is 10.8 Å². The van der Waals surface area contributed by atoms with Crippen LogP contribution in [-0.4, -0.2) is 36.5 Å².